The van der Waals surface area contributed by atoms with E-state index in [1.54, 1.807) is 13.1 Å². The first kappa shape index (κ1) is 18.3. The van der Waals surface area contributed by atoms with E-state index in [1.807, 2.05) is 42.6 Å². The number of anilines is 1. The maximum absolute atomic E-state index is 13.0. The number of ketones is 1. The van der Waals surface area contributed by atoms with Crippen LogP contribution in [0.4, 0.5) is 5.69 Å². The van der Waals surface area contributed by atoms with Gasteiger partial charge in [0, 0.05) is 29.4 Å². The van der Waals surface area contributed by atoms with Crippen molar-refractivity contribution in [2.75, 3.05) is 5.32 Å². The zero-order valence-corrected chi connectivity index (χ0v) is 17.1. The van der Waals surface area contributed by atoms with E-state index in [-0.39, 0.29) is 11.5 Å². The Kier molecular flexibility index (Phi) is 4.22. The summed E-state index contributed by atoms with van der Waals surface area (Å²) in [5, 5.41) is 12.6. The summed E-state index contributed by atoms with van der Waals surface area (Å²) < 4.78 is 0. The van der Waals surface area contributed by atoms with Crippen LogP contribution in [0.1, 0.15) is 32.1 Å². The monoisotopic (exact) mass is 415 g/mol. The number of H-pyrrole nitrogens is 2. The van der Waals surface area contributed by atoms with E-state index in [4.69, 9.17) is 0 Å². The Morgan fingerprint density at radius 1 is 1.10 bits per heavy atom. The second-order valence-electron chi connectivity index (χ2n) is 7.02. The van der Waals surface area contributed by atoms with Crippen LogP contribution in [0, 0.1) is 6.92 Å². The molecule has 0 atom stereocenters. The molecule has 0 aliphatic heterocycles. The van der Waals surface area contributed by atoms with Gasteiger partial charge >= 0.3 is 0 Å². The Bertz CT molecular complexity index is 1440. The quantitative estimate of drug-likeness (QED) is 0.362. The Morgan fingerprint density at radius 2 is 1.97 bits per heavy atom. The van der Waals surface area contributed by atoms with Gasteiger partial charge in [-0.2, -0.15) is 5.10 Å². The number of thiazole rings is 1. The molecule has 2 aromatic carbocycles. The number of amides is 1. The molecule has 0 aliphatic rings. The molecule has 0 saturated carbocycles. The van der Waals surface area contributed by atoms with Crippen molar-refractivity contribution in [3.8, 4) is 11.1 Å². The van der Waals surface area contributed by atoms with Crippen LogP contribution in [-0.2, 0) is 0 Å². The first-order chi connectivity index (χ1) is 14.5. The molecule has 3 heterocycles. The maximum atomic E-state index is 13.0. The highest BCUT2D eigenvalue weighted by molar-refractivity contribution is 7.14. The molecule has 0 unspecified atom stereocenters. The summed E-state index contributed by atoms with van der Waals surface area (Å²) in [7, 11) is 0. The molecule has 8 heteroatoms. The predicted octanol–water partition coefficient (Wildman–Crippen LogP) is 4.93. The van der Waals surface area contributed by atoms with Crippen LogP contribution in [0.3, 0.4) is 0 Å². The third kappa shape index (κ3) is 2.98. The maximum Gasteiger partial charge on any atom is 0.275 e. The first-order valence-corrected chi connectivity index (χ1v) is 10.2. The van der Waals surface area contributed by atoms with E-state index in [9.17, 15) is 9.59 Å². The Hall–Kier alpha value is -3.78. The second kappa shape index (κ2) is 6.93. The summed E-state index contributed by atoms with van der Waals surface area (Å²) in [4.78, 5) is 32.8. The Labute approximate surface area is 175 Å². The van der Waals surface area contributed by atoms with Crippen LogP contribution < -0.4 is 5.32 Å². The van der Waals surface area contributed by atoms with Gasteiger partial charge in [-0.1, -0.05) is 12.1 Å². The number of Topliss-reactive ketones (excluding diaryl/α,β-unsaturated/α-hetero) is 1. The number of carbonyl (C=O) groups is 2. The fourth-order valence-electron chi connectivity index (χ4n) is 3.65. The number of hydrogen-bond acceptors (Lipinski definition) is 5. The van der Waals surface area contributed by atoms with Crippen LogP contribution in [0.25, 0.3) is 32.9 Å². The first-order valence-electron chi connectivity index (χ1n) is 9.34. The van der Waals surface area contributed by atoms with Gasteiger partial charge in [0.15, 0.2) is 11.5 Å². The van der Waals surface area contributed by atoms with Crippen molar-refractivity contribution in [1.82, 2.24) is 20.2 Å². The van der Waals surface area contributed by atoms with Crippen LogP contribution in [0.15, 0.2) is 48.8 Å². The van der Waals surface area contributed by atoms with E-state index in [0.29, 0.717) is 15.6 Å². The lowest BCUT2D eigenvalue weighted by Crippen LogP contribution is -2.15. The molecule has 0 fully saturated rings. The van der Waals surface area contributed by atoms with Crippen molar-refractivity contribution in [3.05, 3.63) is 64.4 Å². The number of carbonyl (C=O) groups excluding carboxylic acids is 2. The molecule has 0 radical (unpaired) electrons. The molecule has 0 bridgehead atoms. The lowest BCUT2D eigenvalue weighted by molar-refractivity contribution is 0.0986. The van der Waals surface area contributed by atoms with Gasteiger partial charge in [0.05, 0.1) is 22.4 Å². The van der Waals surface area contributed by atoms with Gasteiger partial charge < -0.3 is 10.3 Å². The number of rotatable bonds is 4. The largest absolute Gasteiger partial charge is 0.361 e. The number of aromatic amines is 2. The fraction of sp³-hybridized carbons (Fsp3) is 0.0909. The minimum Gasteiger partial charge on any atom is -0.361 e. The number of hydrogen-bond donors (Lipinski definition) is 3. The molecule has 30 heavy (non-hydrogen) atoms. The van der Waals surface area contributed by atoms with Gasteiger partial charge in [-0.3, -0.25) is 14.7 Å². The van der Waals surface area contributed by atoms with Crippen LogP contribution in [0.2, 0.25) is 0 Å². The van der Waals surface area contributed by atoms with Gasteiger partial charge in [-0.25, -0.2) is 4.98 Å². The summed E-state index contributed by atoms with van der Waals surface area (Å²) in [5.74, 6) is -0.587. The predicted molar refractivity (Wildman–Crippen MR) is 118 cm³/mol. The minimum absolute atomic E-state index is 0.153. The summed E-state index contributed by atoms with van der Waals surface area (Å²) >= 11 is 1.23. The van der Waals surface area contributed by atoms with Gasteiger partial charge in [-0.15, -0.1) is 11.3 Å². The number of aromatic nitrogens is 4. The van der Waals surface area contributed by atoms with Crippen molar-refractivity contribution >= 4 is 50.5 Å². The summed E-state index contributed by atoms with van der Waals surface area (Å²) in [6, 6.07) is 12.0. The van der Waals surface area contributed by atoms with Gasteiger partial charge in [-0.05, 0) is 42.3 Å². The van der Waals surface area contributed by atoms with Crippen LogP contribution in [0.5, 0.6) is 0 Å². The molecule has 5 aromatic rings. The van der Waals surface area contributed by atoms with Gasteiger partial charge in [0.1, 0.15) is 4.88 Å². The summed E-state index contributed by atoms with van der Waals surface area (Å²) in [6.45, 7) is 3.22. The number of fused-ring (bicyclic) bond motifs is 2. The molecule has 148 valence electrons. The molecule has 3 N–H and O–H groups in total. The molecule has 1 amide bonds. The minimum atomic E-state index is -0.413. The average molecular weight is 415 g/mol. The standard InChI is InChI=1S/C22H17N5O2S/c1-11(28)21-20(25-12(2)30-21)22(29)26-18-8-13(9-19-16(18)10-24-27-19)14-4-3-5-17-15(14)6-7-23-17/h3-10,23H,1-2H3,(H,24,27)(H,26,29). The molecule has 0 aliphatic carbocycles. The lowest BCUT2D eigenvalue weighted by atomic mass is 9.99. The number of aryl methyl sites for hydroxylation is 1. The highest BCUT2D eigenvalue weighted by Crippen LogP contribution is 2.34. The number of nitrogens with zero attached hydrogens (tertiary/aromatic N) is 2. The topological polar surface area (TPSA) is 104 Å². The third-order valence-corrected chi connectivity index (χ3v) is 6.05. The summed E-state index contributed by atoms with van der Waals surface area (Å²) in [5.41, 5.74) is 4.57. The van der Waals surface area contributed by atoms with Crippen LogP contribution >= 0.6 is 11.3 Å². The third-order valence-electron chi connectivity index (χ3n) is 4.98. The zero-order chi connectivity index (χ0) is 20.8. The van der Waals surface area contributed by atoms with Gasteiger partial charge in [0.25, 0.3) is 5.91 Å². The molecule has 7 nitrogen and oxygen atoms in total. The van der Waals surface area contributed by atoms with E-state index < -0.39 is 5.91 Å². The molecule has 3 aromatic heterocycles. The SMILES string of the molecule is CC(=O)c1sc(C)nc1C(=O)Nc1cc(-c2cccc3[nH]ccc23)cc2[nH]ncc12. The second-order valence-corrected chi connectivity index (χ2v) is 8.22. The van der Waals surface area contributed by atoms with Crippen molar-refractivity contribution in [2.45, 2.75) is 13.8 Å². The van der Waals surface area contributed by atoms with Gasteiger partial charge in [0.2, 0.25) is 0 Å². The van der Waals surface area contributed by atoms with E-state index in [2.05, 4.69) is 25.5 Å². The smallest absolute Gasteiger partial charge is 0.275 e. The molecule has 0 saturated heterocycles. The van der Waals surface area contributed by atoms with Crippen molar-refractivity contribution in [3.63, 3.8) is 0 Å². The Morgan fingerprint density at radius 3 is 2.80 bits per heavy atom. The summed E-state index contributed by atoms with van der Waals surface area (Å²) in [6.07, 6.45) is 3.57. The zero-order valence-electron chi connectivity index (χ0n) is 16.2. The lowest BCUT2D eigenvalue weighted by Gasteiger charge is -2.10. The van der Waals surface area contributed by atoms with E-state index in [0.717, 1.165) is 32.9 Å². The molecular formula is C22H17N5O2S. The molecular weight excluding hydrogens is 398 g/mol. The van der Waals surface area contributed by atoms with E-state index >= 15 is 0 Å². The highest BCUT2D eigenvalue weighted by Gasteiger charge is 2.21. The molecule has 0 spiro atoms. The van der Waals surface area contributed by atoms with Crippen molar-refractivity contribution in [2.24, 2.45) is 0 Å². The van der Waals surface area contributed by atoms with Crippen molar-refractivity contribution in [1.29, 1.82) is 0 Å². The number of nitrogens with one attached hydrogen (secondary N) is 3. The molecule has 5 rings (SSSR count). The normalized spacial score (nSPS) is 11.3. The highest BCUT2D eigenvalue weighted by atomic mass is 32.1. The van der Waals surface area contributed by atoms with E-state index in [1.165, 1.54) is 18.3 Å². The van der Waals surface area contributed by atoms with Crippen LogP contribution in [-0.4, -0.2) is 31.9 Å². The average Bonchev–Trinajstić information content (AvgIpc) is 3.46. The van der Waals surface area contributed by atoms with Crippen molar-refractivity contribution < 1.29 is 9.59 Å². The fourth-order valence-corrected chi connectivity index (χ4v) is 4.46. The Balaban J connectivity index is 1.62. The number of benzene rings is 2.